The van der Waals surface area contributed by atoms with Crippen molar-refractivity contribution in [2.45, 2.75) is 63.6 Å². The Labute approximate surface area is 251 Å². The SMILES string of the molecule is O=C(NC1CCN(C[C@@H]2CCCN3CCCC[C@H]23)CC1)Oc1cc2c(OCc3coc4cc(Cl)ccc34)cccc2[nH]1. The summed E-state index contributed by atoms with van der Waals surface area (Å²) in [6.07, 6.45) is 10.00. The Bertz CT molecular complexity index is 1540. The number of fused-ring (bicyclic) bond motifs is 3. The third-order valence-electron chi connectivity index (χ3n) is 9.43. The number of nitrogens with zero attached hydrogens (tertiary/aromatic N) is 2. The normalized spacial score (nSPS) is 22.3. The van der Waals surface area contributed by atoms with E-state index in [1.54, 1.807) is 12.3 Å². The van der Waals surface area contributed by atoms with Crippen LogP contribution in [-0.4, -0.2) is 65.7 Å². The van der Waals surface area contributed by atoms with Gasteiger partial charge in [0, 0.05) is 59.1 Å². The van der Waals surface area contributed by atoms with Crippen molar-refractivity contribution in [2.75, 3.05) is 32.7 Å². The van der Waals surface area contributed by atoms with Gasteiger partial charge in [0.1, 0.15) is 17.9 Å². The molecule has 2 N–H and O–H groups in total. The van der Waals surface area contributed by atoms with E-state index in [4.69, 9.17) is 25.5 Å². The van der Waals surface area contributed by atoms with Crippen LogP contribution in [0.25, 0.3) is 21.9 Å². The summed E-state index contributed by atoms with van der Waals surface area (Å²) >= 11 is 6.08. The number of piperidine rings is 3. The van der Waals surface area contributed by atoms with E-state index < -0.39 is 6.09 Å². The highest BCUT2D eigenvalue weighted by Gasteiger charge is 2.34. The van der Waals surface area contributed by atoms with Crippen LogP contribution >= 0.6 is 11.6 Å². The lowest BCUT2D eigenvalue weighted by Gasteiger charge is -2.46. The molecule has 3 aliphatic rings. The van der Waals surface area contributed by atoms with Gasteiger partial charge in [0.25, 0.3) is 0 Å². The van der Waals surface area contributed by atoms with Crippen LogP contribution < -0.4 is 14.8 Å². The van der Waals surface area contributed by atoms with Gasteiger partial charge < -0.3 is 34.0 Å². The van der Waals surface area contributed by atoms with Gasteiger partial charge in [-0.1, -0.05) is 24.1 Å². The average Bonchev–Trinajstić information content (AvgIpc) is 3.60. The molecule has 8 nitrogen and oxygen atoms in total. The van der Waals surface area contributed by atoms with Gasteiger partial charge >= 0.3 is 6.09 Å². The zero-order valence-electron chi connectivity index (χ0n) is 23.9. The van der Waals surface area contributed by atoms with Crippen LogP contribution in [0.2, 0.25) is 5.02 Å². The Morgan fingerprint density at radius 3 is 2.79 bits per heavy atom. The molecular weight excluding hydrogens is 552 g/mol. The number of halogens is 1. The predicted molar refractivity (Wildman–Crippen MR) is 164 cm³/mol. The van der Waals surface area contributed by atoms with E-state index in [0.717, 1.165) is 65.3 Å². The fourth-order valence-corrected chi connectivity index (χ4v) is 7.45. The van der Waals surface area contributed by atoms with Crippen molar-refractivity contribution in [1.82, 2.24) is 20.1 Å². The first-order valence-electron chi connectivity index (χ1n) is 15.4. The Hall–Kier alpha value is -3.20. The molecule has 0 unspecified atom stereocenters. The lowest BCUT2D eigenvalue weighted by atomic mass is 9.83. The van der Waals surface area contributed by atoms with Gasteiger partial charge in [-0.3, -0.25) is 0 Å². The Balaban J connectivity index is 0.913. The fraction of sp³-hybridized carbons (Fsp3) is 0.485. The fourth-order valence-electron chi connectivity index (χ4n) is 7.28. The Kier molecular flexibility index (Phi) is 8.02. The number of carbonyl (C=O) groups is 1. The molecule has 2 aromatic carbocycles. The lowest BCUT2D eigenvalue weighted by Crippen LogP contribution is -2.52. The molecule has 9 heteroatoms. The molecule has 0 saturated carbocycles. The summed E-state index contributed by atoms with van der Waals surface area (Å²) in [4.78, 5) is 21.4. The van der Waals surface area contributed by atoms with Crippen molar-refractivity contribution in [3.8, 4) is 11.6 Å². The summed E-state index contributed by atoms with van der Waals surface area (Å²) in [5.41, 5.74) is 2.51. The van der Waals surface area contributed by atoms with Crippen molar-refractivity contribution < 1.29 is 18.7 Å². The molecule has 222 valence electrons. The number of H-pyrrole nitrogens is 1. The standard InChI is InChI=1S/C33H39ClN4O4/c34-24-9-10-26-23(21-41-31(26)17-24)20-40-30-8-3-6-28-27(30)18-32(36-28)42-33(39)35-25-11-15-37(16-12-25)19-22-5-4-14-38-13-2-1-7-29(22)38/h3,6,8-10,17-18,21-22,25,29,36H,1-2,4-5,7,11-16,19-20H2,(H,35,39)/t22-,29+/m0/s1. The maximum atomic E-state index is 12.8. The van der Waals surface area contributed by atoms with Gasteiger partial charge in [-0.2, -0.15) is 0 Å². The number of rotatable bonds is 7. The van der Waals surface area contributed by atoms with Crippen molar-refractivity contribution in [1.29, 1.82) is 0 Å². The second kappa shape index (κ2) is 12.2. The first-order chi connectivity index (χ1) is 20.6. The quantitative estimate of drug-likeness (QED) is 0.242. The number of benzene rings is 2. The van der Waals surface area contributed by atoms with E-state index in [2.05, 4.69) is 20.1 Å². The molecule has 3 aliphatic heterocycles. The summed E-state index contributed by atoms with van der Waals surface area (Å²) < 4.78 is 17.5. The van der Waals surface area contributed by atoms with Gasteiger partial charge in [-0.05, 0) is 87.9 Å². The number of hydrogen-bond donors (Lipinski definition) is 2. The van der Waals surface area contributed by atoms with Crippen LogP contribution in [0.3, 0.4) is 0 Å². The summed E-state index contributed by atoms with van der Waals surface area (Å²) in [5.74, 6) is 1.89. The lowest BCUT2D eigenvalue weighted by molar-refractivity contribution is 0.0353. The molecule has 0 radical (unpaired) electrons. The Morgan fingerprint density at radius 2 is 1.88 bits per heavy atom. The molecule has 42 heavy (non-hydrogen) atoms. The van der Waals surface area contributed by atoms with E-state index >= 15 is 0 Å². The first kappa shape index (κ1) is 27.6. The minimum absolute atomic E-state index is 0.134. The largest absolute Gasteiger partial charge is 0.488 e. The number of likely N-dealkylation sites (tertiary alicyclic amines) is 1. The number of aromatic amines is 1. The number of aromatic nitrogens is 1. The van der Waals surface area contributed by atoms with E-state index in [-0.39, 0.29) is 6.04 Å². The maximum Gasteiger partial charge on any atom is 0.414 e. The van der Waals surface area contributed by atoms with E-state index in [1.807, 2.05) is 36.4 Å². The highest BCUT2D eigenvalue weighted by molar-refractivity contribution is 6.31. The summed E-state index contributed by atoms with van der Waals surface area (Å²) in [6.45, 7) is 6.18. The summed E-state index contributed by atoms with van der Waals surface area (Å²) in [7, 11) is 0. The first-order valence-corrected chi connectivity index (χ1v) is 15.8. The second-order valence-electron chi connectivity index (χ2n) is 12.2. The molecule has 0 bridgehead atoms. The molecular formula is C33H39ClN4O4. The third kappa shape index (κ3) is 5.98. The zero-order valence-corrected chi connectivity index (χ0v) is 24.7. The van der Waals surface area contributed by atoms with Gasteiger partial charge in [-0.25, -0.2) is 4.79 Å². The minimum Gasteiger partial charge on any atom is -0.488 e. The highest BCUT2D eigenvalue weighted by Crippen LogP contribution is 2.33. The molecule has 0 aliphatic carbocycles. The monoisotopic (exact) mass is 590 g/mol. The van der Waals surface area contributed by atoms with Crippen LogP contribution in [0.5, 0.6) is 11.6 Å². The molecule has 0 spiro atoms. The van der Waals surface area contributed by atoms with Crippen LogP contribution in [-0.2, 0) is 6.61 Å². The van der Waals surface area contributed by atoms with E-state index in [1.165, 1.54) is 51.7 Å². The molecule has 2 aromatic heterocycles. The van der Waals surface area contributed by atoms with Crippen LogP contribution in [0.15, 0.2) is 53.1 Å². The van der Waals surface area contributed by atoms with Gasteiger partial charge in [-0.15, -0.1) is 0 Å². The van der Waals surface area contributed by atoms with Crippen molar-refractivity contribution in [2.24, 2.45) is 5.92 Å². The molecule has 3 fully saturated rings. The number of hydrogen-bond acceptors (Lipinski definition) is 6. The minimum atomic E-state index is -0.420. The molecule has 1 amide bonds. The maximum absolute atomic E-state index is 12.8. The van der Waals surface area contributed by atoms with Gasteiger partial charge in [0.15, 0.2) is 0 Å². The number of carbonyl (C=O) groups excluding carboxylic acids is 1. The number of ether oxygens (including phenoxy) is 2. The topological polar surface area (TPSA) is 83.0 Å². The van der Waals surface area contributed by atoms with Crippen molar-refractivity contribution in [3.63, 3.8) is 0 Å². The summed E-state index contributed by atoms with van der Waals surface area (Å²) in [5, 5.41) is 5.55. The predicted octanol–water partition coefficient (Wildman–Crippen LogP) is 6.96. The number of nitrogens with one attached hydrogen (secondary N) is 2. The van der Waals surface area contributed by atoms with Crippen LogP contribution in [0, 0.1) is 5.92 Å². The molecule has 2 atom stereocenters. The smallest absolute Gasteiger partial charge is 0.414 e. The molecule has 4 aromatic rings. The van der Waals surface area contributed by atoms with E-state index in [9.17, 15) is 4.79 Å². The van der Waals surface area contributed by atoms with Crippen LogP contribution in [0.4, 0.5) is 4.79 Å². The highest BCUT2D eigenvalue weighted by atomic mass is 35.5. The van der Waals surface area contributed by atoms with Crippen molar-refractivity contribution in [3.05, 3.63) is 59.3 Å². The van der Waals surface area contributed by atoms with Gasteiger partial charge in [0.2, 0.25) is 5.88 Å². The number of furan rings is 1. The second-order valence-corrected chi connectivity index (χ2v) is 12.6. The average molecular weight is 591 g/mol. The number of amides is 1. The molecule has 5 heterocycles. The Morgan fingerprint density at radius 1 is 1.00 bits per heavy atom. The third-order valence-corrected chi connectivity index (χ3v) is 9.67. The van der Waals surface area contributed by atoms with Crippen molar-refractivity contribution >= 4 is 39.6 Å². The van der Waals surface area contributed by atoms with E-state index in [0.29, 0.717) is 23.3 Å². The van der Waals surface area contributed by atoms with Crippen LogP contribution in [0.1, 0.15) is 50.5 Å². The summed E-state index contributed by atoms with van der Waals surface area (Å²) in [6, 6.07) is 14.1. The van der Waals surface area contributed by atoms with Gasteiger partial charge in [0.05, 0.1) is 11.8 Å². The molecule has 7 rings (SSSR count). The molecule has 3 saturated heterocycles. The zero-order chi connectivity index (χ0) is 28.5.